The van der Waals surface area contributed by atoms with E-state index >= 15 is 0 Å². The van der Waals surface area contributed by atoms with Gasteiger partial charge >= 0.3 is 0 Å². The van der Waals surface area contributed by atoms with Gasteiger partial charge in [0.1, 0.15) is 0 Å². The zero-order chi connectivity index (χ0) is 20.6. The lowest BCUT2D eigenvalue weighted by molar-refractivity contribution is -0.117. The van der Waals surface area contributed by atoms with Crippen LogP contribution < -0.4 is 10.2 Å². The number of nitrogens with zero attached hydrogens (tertiary/aromatic N) is 2. The van der Waals surface area contributed by atoms with E-state index in [4.69, 9.17) is 0 Å². The lowest BCUT2D eigenvalue weighted by atomic mass is 10.1. The second-order valence-electron chi connectivity index (χ2n) is 7.42. The van der Waals surface area contributed by atoms with Crippen molar-refractivity contribution in [3.05, 3.63) is 53.6 Å². The van der Waals surface area contributed by atoms with E-state index in [0.29, 0.717) is 30.8 Å². The van der Waals surface area contributed by atoms with Crippen LogP contribution in [-0.4, -0.2) is 44.7 Å². The van der Waals surface area contributed by atoms with Crippen molar-refractivity contribution in [3.63, 3.8) is 0 Å². The molecule has 1 saturated heterocycles. The van der Waals surface area contributed by atoms with Crippen LogP contribution in [0.3, 0.4) is 0 Å². The minimum Gasteiger partial charge on any atom is -0.322 e. The Morgan fingerprint density at radius 2 is 1.69 bits per heavy atom. The van der Waals surface area contributed by atoms with E-state index in [1.54, 1.807) is 24.1 Å². The molecule has 2 aliphatic rings. The van der Waals surface area contributed by atoms with Gasteiger partial charge in [0.25, 0.3) is 5.91 Å². The fourth-order valence-electron chi connectivity index (χ4n) is 3.78. The van der Waals surface area contributed by atoms with Gasteiger partial charge in [0, 0.05) is 37.1 Å². The summed E-state index contributed by atoms with van der Waals surface area (Å²) in [5, 5.41) is 2.81. The molecule has 7 nitrogen and oxygen atoms in total. The summed E-state index contributed by atoms with van der Waals surface area (Å²) in [4.78, 5) is 26.2. The molecule has 2 aromatic carbocycles. The molecule has 2 heterocycles. The van der Waals surface area contributed by atoms with Crippen molar-refractivity contribution in [1.82, 2.24) is 4.31 Å². The van der Waals surface area contributed by atoms with Crippen LogP contribution in [0.15, 0.2) is 47.4 Å². The van der Waals surface area contributed by atoms with E-state index in [0.717, 1.165) is 30.5 Å². The largest absolute Gasteiger partial charge is 0.322 e. The van der Waals surface area contributed by atoms with Crippen molar-refractivity contribution in [2.45, 2.75) is 30.6 Å². The first-order valence-corrected chi connectivity index (χ1v) is 11.1. The molecule has 152 valence electrons. The number of piperidine rings is 1. The average molecular weight is 413 g/mol. The normalized spacial score (nSPS) is 17.3. The van der Waals surface area contributed by atoms with Crippen molar-refractivity contribution < 1.29 is 18.0 Å². The summed E-state index contributed by atoms with van der Waals surface area (Å²) in [6.45, 7) is 1.08. The Morgan fingerprint density at radius 1 is 1.00 bits per heavy atom. The molecule has 0 atom stereocenters. The molecular formula is C21H23N3O4S. The number of carbonyl (C=O) groups excluding carboxylic acids is 2. The molecule has 1 fully saturated rings. The van der Waals surface area contributed by atoms with Crippen molar-refractivity contribution in [3.8, 4) is 0 Å². The molecule has 2 aromatic rings. The SMILES string of the molecule is CN1C(=O)Cc2cc(NC(=O)c3ccc(S(=O)(=O)N4CCCCC4)cc3)ccc21. The first kappa shape index (κ1) is 19.6. The summed E-state index contributed by atoms with van der Waals surface area (Å²) in [5.74, 6) is -0.307. The Bertz CT molecular complexity index is 1060. The molecule has 0 spiro atoms. The molecule has 4 rings (SSSR count). The monoisotopic (exact) mass is 413 g/mol. The molecule has 8 heteroatoms. The molecule has 2 amide bonds. The van der Waals surface area contributed by atoms with Crippen LogP contribution >= 0.6 is 0 Å². The molecule has 0 saturated carbocycles. The van der Waals surface area contributed by atoms with E-state index in [2.05, 4.69) is 5.32 Å². The summed E-state index contributed by atoms with van der Waals surface area (Å²) in [6.07, 6.45) is 3.13. The van der Waals surface area contributed by atoms with Gasteiger partial charge in [0.15, 0.2) is 0 Å². The van der Waals surface area contributed by atoms with Gasteiger partial charge in [0.05, 0.1) is 11.3 Å². The van der Waals surface area contributed by atoms with Crippen LogP contribution in [0.1, 0.15) is 35.2 Å². The lowest BCUT2D eigenvalue weighted by Gasteiger charge is -2.25. The van der Waals surface area contributed by atoms with Gasteiger partial charge in [-0.15, -0.1) is 0 Å². The van der Waals surface area contributed by atoms with Crippen LogP contribution in [0.5, 0.6) is 0 Å². The van der Waals surface area contributed by atoms with Gasteiger partial charge in [0.2, 0.25) is 15.9 Å². The van der Waals surface area contributed by atoms with Crippen molar-refractivity contribution >= 4 is 33.2 Å². The van der Waals surface area contributed by atoms with Crippen LogP contribution in [0.2, 0.25) is 0 Å². The summed E-state index contributed by atoms with van der Waals surface area (Å²) in [5.41, 5.74) is 2.69. The maximum atomic E-state index is 12.7. The standard InChI is InChI=1S/C21H23N3O4S/c1-23-19-10-7-17(13-16(19)14-20(23)25)22-21(26)15-5-8-18(9-6-15)29(27,28)24-11-3-2-4-12-24/h5-10,13H,2-4,11-12,14H2,1H3,(H,22,26). The molecule has 0 unspecified atom stereocenters. The Kier molecular flexibility index (Phi) is 5.14. The molecule has 0 aromatic heterocycles. The highest BCUT2D eigenvalue weighted by Gasteiger charge is 2.26. The zero-order valence-electron chi connectivity index (χ0n) is 16.2. The maximum absolute atomic E-state index is 12.7. The number of rotatable bonds is 4. The predicted molar refractivity (Wildman–Crippen MR) is 111 cm³/mol. The third-order valence-electron chi connectivity index (χ3n) is 5.48. The number of benzene rings is 2. The van der Waals surface area contributed by atoms with E-state index in [1.165, 1.54) is 28.6 Å². The van der Waals surface area contributed by atoms with Crippen molar-refractivity contribution in [2.75, 3.05) is 30.4 Å². The average Bonchev–Trinajstić information content (AvgIpc) is 3.02. The number of hydrogen-bond donors (Lipinski definition) is 1. The van der Waals surface area contributed by atoms with Gasteiger partial charge in [-0.3, -0.25) is 9.59 Å². The van der Waals surface area contributed by atoms with E-state index in [1.807, 2.05) is 6.07 Å². The quantitative estimate of drug-likeness (QED) is 0.835. The Labute approximate surface area is 170 Å². The van der Waals surface area contributed by atoms with Crippen molar-refractivity contribution in [2.24, 2.45) is 0 Å². The third kappa shape index (κ3) is 3.77. The number of anilines is 2. The van der Waals surface area contributed by atoms with Crippen LogP contribution in [0.4, 0.5) is 11.4 Å². The van der Waals surface area contributed by atoms with Crippen LogP contribution in [-0.2, 0) is 21.2 Å². The zero-order valence-corrected chi connectivity index (χ0v) is 17.0. The summed E-state index contributed by atoms with van der Waals surface area (Å²) in [7, 11) is -1.79. The van der Waals surface area contributed by atoms with E-state index in [-0.39, 0.29) is 16.7 Å². The summed E-state index contributed by atoms with van der Waals surface area (Å²) < 4.78 is 26.9. The van der Waals surface area contributed by atoms with Gasteiger partial charge in [-0.05, 0) is 60.9 Å². The second kappa shape index (κ2) is 7.61. The molecule has 0 bridgehead atoms. The van der Waals surface area contributed by atoms with E-state index in [9.17, 15) is 18.0 Å². The van der Waals surface area contributed by atoms with Gasteiger partial charge in [-0.25, -0.2) is 8.42 Å². The fourth-order valence-corrected chi connectivity index (χ4v) is 5.30. The first-order valence-electron chi connectivity index (χ1n) is 9.67. The highest BCUT2D eigenvalue weighted by molar-refractivity contribution is 7.89. The minimum absolute atomic E-state index is 0.0222. The highest BCUT2D eigenvalue weighted by Crippen LogP contribution is 2.30. The smallest absolute Gasteiger partial charge is 0.255 e. The number of nitrogens with one attached hydrogen (secondary N) is 1. The number of fused-ring (bicyclic) bond motifs is 1. The summed E-state index contributed by atoms with van der Waals surface area (Å²) >= 11 is 0. The highest BCUT2D eigenvalue weighted by atomic mass is 32.2. The molecular weight excluding hydrogens is 390 g/mol. The Hall–Kier alpha value is -2.71. The Balaban J connectivity index is 1.48. The first-order chi connectivity index (χ1) is 13.9. The number of likely N-dealkylation sites (N-methyl/N-ethyl adjacent to an activating group) is 1. The molecule has 0 radical (unpaired) electrons. The van der Waals surface area contributed by atoms with Crippen LogP contribution in [0.25, 0.3) is 0 Å². The van der Waals surface area contributed by atoms with Crippen molar-refractivity contribution in [1.29, 1.82) is 0 Å². The fraction of sp³-hybridized carbons (Fsp3) is 0.333. The lowest BCUT2D eigenvalue weighted by Crippen LogP contribution is -2.35. The number of hydrogen-bond acceptors (Lipinski definition) is 4. The van der Waals surface area contributed by atoms with Gasteiger partial charge in [-0.1, -0.05) is 6.42 Å². The minimum atomic E-state index is -3.52. The maximum Gasteiger partial charge on any atom is 0.255 e. The van der Waals surface area contributed by atoms with Gasteiger partial charge < -0.3 is 10.2 Å². The topological polar surface area (TPSA) is 86.8 Å². The number of sulfonamides is 1. The molecule has 0 aliphatic carbocycles. The number of carbonyl (C=O) groups is 2. The van der Waals surface area contributed by atoms with Crippen LogP contribution in [0, 0.1) is 0 Å². The molecule has 1 N–H and O–H groups in total. The Morgan fingerprint density at radius 3 is 2.38 bits per heavy atom. The number of amides is 2. The molecule has 2 aliphatic heterocycles. The van der Waals surface area contributed by atoms with E-state index < -0.39 is 10.0 Å². The molecule has 29 heavy (non-hydrogen) atoms. The summed E-state index contributed by atoms with van der Waals surface area (Å²) in [6, 6.07) is 11.4. The third-order valence-corrected chi connectivity index (χ3v) is 7.40. The van der Waals surface area contributed by atoms with Gasteiger partial charge in [-0.2, -0.15) is 4.31 Å². The second-order valence-corrected chi connectivity index (χ2v) is 9.35. The predicted octanol–water partition coefficient (Wildman–Crippen LogP) is 2.63.